The van der Waals surface area contributed by atoms with E-state index in [0.29, 0.717) is 58.3 Å². The fourth-order valence-electron chi connectivity index (χ4n) is 5.09. The fourth-order valence-corrected chi connectivity index (χ4v) is 6.06. The topological polar surface area (TPSA) is 97.0 Å². The van der Waals surface area contributed by atoms with Gasteiger partial charge in [0.1, 0.15) is 12.3 Å². The Morgan fingerprint density at radius 2 is 1.84 bits per heavy atom. The Labute approximate surface area is 220 Å². The standard InChI is InChI=1S/C27H34N4O5S/c1-34-12-13-35-14-15-36-17-25(32)30-9-6-19(7-10-30)26-29-24(18-37-26)27(33)31-11-8-21-20-4-2-3-5-22(20)28-23(21)16-31/h2-5,18-19,28H,6-17H2,1H3. The second-order valence-corrected chi connectivity index (χ2v) is 10.4. The minimum Gasteiger partial charge on any atom is -0.382 e. The van der Waals surface area contributed by atoms with Gasteiger partial charge in [0.25, 0.3) is 5.91 Å². The van der Waals surface area contributed by atoms with Gasteiger partial charge in [0.15, 0.2) is 0 Å². The lowest BCUT2D eigenvalue weighted by Gasteiger charge is -2.31. The molecule has 2 aromatic heterocycles. The predicted octanol–water partition coefficient (Wildman–Crippen LogP) is 3.21. The maximum absolute atomic E-state index is 13.2. The number of amides is 2. The first kappa shape index (κ1) is 25.8. The predicted molar refractivity (Wildman–Crippen MR) is 141 cm³/mol. The minimum atomic E-state index is -0.0113. The number of para-hydroxylation sites is 1. The maximum Gasteiger partial charge on any atom is 0.273 e. The summed E-state index contributed by atoms with van der Waals surface area (Å²) in [7, 11) is 1.63. The number of fused-ring (bicyclic) bond motifs is 3. The van der Waals surface area contributed by atoms with Gasteiger partial charge in [-0.3, -0.25) is 9.59 Å². The molecule has 2 aliphatic rings. The second-order valence-electron chi connectivity index (χ2n) is 9.49. The molecule has 3 aromatic rings. The number of thiazole rings is 1. The van der Waals surface area contributed by atoms with Gasteiger partial charge in [-0.15, -0.1) is 11.3 Å². The number of hydrogen-bond acceptors (Lipinski definition) is 7. The maximum atomic E-state index is 13.2. The van der Waals surface area contributed by atoms with E-state index in [-0.39, 0.29) is 24.3 Å². The van der Waals surface area contributed by atoms with Gasteiger partial charge in [-0.1, -0.05) is 18.2 Å². The Bertz CT molecular complexity index is 1220. The second kappa shape index (κ2) is 12.2. The molecular weight excluding hydrogens is 492 g/mol. The van der Waals surface area contributed by atoms with E-state index in [0.717, 1.165) is 35.5 Å². The Morgan fingerprint density at radius 3 is 2.68 bits per heavy atom. The number of aromatic nitrogens is 2. The smallest absolute Gasteiger partial charge is 0.273 e. The fraction of sp³-hybridized carbons (Fsp3) is 0.519. The average molecular weight is 527 g/mol. The molecule has 5 rings (SSSR count). The van der Waals surface area contributed by atoms with Crippen LogP contribution in [0.1, 0.15) is 45.5 Å². The molecule has 1 aromatic carbocycles. The Kier molecular flexibility index (Phi) is 8.50. The van der Waals surface area contributed by atoms with Crippen LogP contribution >= 0.6 is 11.3 Å². The molecule has 9 nitrogen and oxygen atoms in total. The summed E-state index contributed by atoms with van der Waals surface area (Å²) in [4.78, 5) is 37.7. The molecule has 0 unspecified atom stereocenters. The summed E-state index contributed by atoms with van der Waals surface area (Å²) in [6, 6.07) is 8.31. The lowest BCUT2D eigenvalue weighted by Crippen LogP contribution is -2.40. The molecule has 1 saturated heterocycles. The largest absolute Gasteiger partial charge is 0.382 e. The summed E-state index contributed by atoms with van der Waals surface area (Å²) < 4.78 is 15.7. The van der Waals surface area contributed by atoms with Crippen molar-refractivity contribution in [1.29, 1.82) is 0 Å². The highest BCUT2D eigenvalue weighted by Gasteiger charge is 2.29. The van der Waals surface area contributed by atoms with Gasteiger partial charge >= 0.3 is 0 Å². The van der Waals surface area contributed by atoms with E-state index in [1.165, 1.54) is 10.9 Å². The highest BCUT2D eigenvalue weighted by Crippen LogP contribution is 2.32. The molecular formula is C27H34N4O5S. The number of benzene rings is 1. The van der Waals surface area contributed by atoms with E-state index in [4.69, 9.17) is 19.2 Å². The minimum absolute atomic E-state index is 0.00629. The number of ether oxygens (including phenoxy) is 3. The number of piperidine rings is 1. The number of likely N-dealkylation sites (tertiary alicyclic amines) is 1. The van der Waals surface area contributed by atoms with Crippen molar-refractivity contribution in [2.24, 2.45) is 0 Å². The van der Waals surface area contributed by atoms with Gasteiger partial charge in [-0.2, -0.15) is 0 Å². The highest BCUT2D eigenvalue weighted by atomic mass is 32.1. The van der Waals surface area contributed by atoms with Crippen LogP contribution in [0, 0.1) is 0 Å². The molecule has 0 spiro atoms. The van der Waals surface area contributed by atoms with E-state index >= 15 is 0 Å². The Morgan fingerprint density at radius 1 is 1.05 bits per heavy atom. The number of carbonyl (C=O) groups is 2. The zero-order valence-electron chi connectivity index (χ0n) is 21.2. The van der Waals surface area contributed by atoms with Gasteiger partial charge in [-0.25, -0.2) is 4.98 Å². The molecule has 0 radical (unpaired) electrons. The van der Waals surface area contributed by atoms with Crippen LogP contribution in [0.3, 0.4) is 0 Å². The van der Waals surface area contributed by atoms with Gasteiger partial charge in [0, 0.05) is 54.6 Å². The SMILES string of the molecule is COCCOCCOCC(=O)N1CCC(c2nc(C(=O)N3CCc4c([nH]c5ccccc45)C3)cs2)CC1. The van der Waals surface area contributed by atoms with E-state index in [1.807, 2.05) is 21.2 Å². The van der Waals surface area contributed by atoms with Crippen molar-refractivity contribution in [3.63, 3.8) is 0 Å². The van der Waals surface area contributed by atoms with Crippen LogP contribution in [-0.4, -0.2) is 91.4 Å². The monoisotopic (exact) mass is 526 g/mol. The zero-order valence-corrected chi connectivity index (χ0v) is 22.1. The molecule has 2 amide bonds. The van der Waals surface area contributed by atoms with Crippen LogP contribution in [0.4, 0.5) is 0 Å². The van der Waals surface area contributed by atoms with Crippen molar-refractivity contribution in [1.82, 2.24) is 19.8 Å². The molecule has 0 saturated carbocycles. The van der Waals surface area contributed by atoms with Crippen molar-refractivity contribution in [3.05, 3.63) is 51.6 Å². The van der Waals surface area contributed by atoms with Crippen LogP contribution < -0.4 is 0 Å². The Balaban J connectivity index is 1.08. The number of nitrogens with zero attached hydrogens (tertiary/aromatic N) is 3. The normalized spacial score (nSPS) is 16.4. The average Bonchev–Trinajstić information content (AvgIpc) is 3.57. The number of H-pyrrole nitrogens is 1. The first-order valence-corrected chi connectivity index (χ1v) is 13.8. The van der Waals surface area contributed by atoms with Crippen LogP contribution in [0.2, 0.25) is 0 Å². The summed E-state index contributed by atoms with van der Waals surface area (Å²) >= 11 is 1.55. The zero-order chi connectivity index (χ0) is 25.6. The van der Waals surface area contributed by atoms with Gasteiger partial charge in [-0.05, 0) is 30.9 Å². The molecule has 198 valence electrons. The summed E-state index contributed by atoms with van der Waals surface area (Å²) in [6.07, 6.45) is 2.53. The Hall–Kier alpha value is -2.79. The highest BCUT2D eigenvalue weighted by molar-refractivity contribution is 7.09. The van der Waals surface area contributed by atoms with Crippen LogP contribution in [0.25, 0.3) is 10.9 Å². The number of hydrogen-bond donors (Lipinski definition) is 1. The first-order chi connectivity index (χ1) is 18.1. The van der Waals surface area contributed by atoms with E-state index < -0.39 is 0 Å². The number of aromatic amines is 1. The number of nitrogens with one attached hydrogen (secondary N) is 1. The van der Waals surface area contributed by atoms with Gasteiger partial charge < -0.3 is 29.0 Å². The summed E-state index contributed by atoms with van der Waals surface area (Å²) in [5.41, 5.74) is 4.09. The lowest BCUT2D eigenvalue weighted by molar-refractivity contribution is -0.137. The molecule has 2 aliphatic heterocycles. The van der Waals surface area contributed by atoms with Crippen molar-refractivity contribution < 1.29 is 23.8 Å². The third-order valence-corrected chi connectivity index (χ3v) is 8.14. The molecule has 37 heavy (non-hydrogen) atoms. The quantitative estimate of drug-likeness (QED) is 0.408. The lowest BCUT2D eigenvalue weighted by atomic mass is 9.97. The van der Waals surface area contributed by atoms with Gasteiger partial charge in [0.05, 0.1) is 38.0 Å². The third-order valence-electron chi connectivity index (χ3n) is 7.14. The van der Waals surface area contributed by atoms with Crippen molar-refractivity contribution in [2.45, 2.75) is 31.7 Å². The molecule has 1 fully saturated rings. The molecule has 0 atom stereocenters. The first-order valence-electron chi connectivity index (χ1n) is 12.9. The summed E-state index contributed by atoms with van der Waals surface area (Å²) in [5, 5.41) is 4.13. The number of rotatable bonds is 10. The van der Waals surface area contributed by atoms with E-state index in [9.17, 15) is 9.59 Å². The van der Waals surface area contributed by atoms with Crippen molar-refractivity contribution >= 4 is 34.1 Å². The number of methoxy groups -OCH3 is 1. The molecule has 10 heteroatoms. The van der Waals surface area contributed by atoms with E-state index in [2.05, 4.69) is 23.2 Å². The van der Waals surface area contributed by atoms with Crippen molar-refractivity contribution in [3.8, 4) is 0 Å². The third kappa shape index (κ3) is 6.04. The van der Waals surface area contributed by atoms with E-state index in [1.54, 1.807) is 18.4 Å². The van der Waals surface area contributed by atoms with Crippen molar-refractivity contribution in [2.75, 3.05) is 59.8 Å². The molecule has 4 heterocycles. The van der Waals surface area contributed by atoms with Crippen LogP contribution in [0.5, 0.6) is 0 Å². The van der Waals surface area contributed by atoms with Crippen LogP contribution in [0.15, 0.2) is 29.6 Å². The van der Waals surface area contributed by atoms with Gasteiger partial charge in [0.2, 0.25) is 5.91 Å². The molecule has 0 bridgehead atoms. The van der Waals surface area contributed by atoms with Crippen LogP contribution in [-0.2, 0) is 32.0 Å². The molecule has 1 N–H and O–H groups in total. The summed E-state index contributed by atoms with van der Waals surface area (Å²) in [6.45, 7) is 4.61. The molecule has 0 aliphatic carbocycles. The summed E-state index contributed by atoms with van der Waals surface area (Å²) in [5.74, 6) is 0.266. The number of carbonyl (C=O) groups excluding carboxylic acids is 2.